The Morgan fingerprint density at radius 1 is 1.28 bits per heavy atom. The van der Waals surface area contributed by atoms with Crippen molar-refractivity contribution in [2.24, 2.45) is 0 Å². The number of aromatic nitrogens is 2. The maximum atomic E-state index is 12.7. The monoisotopic (exact) mass is 360 g/mol. The Morgan fingerprint density at radius 2 is 2.08 bits per heavy atom. The van der Waals surface area contributed by atoms with Gasteiger partial charge in [-0.1, -0.05) is 11.6 Å². The van der Waals surface area contributed by atoms with Gasteiger partial charge in [-0.15, -0.1) is 0 Å². The largest absolute Gasteiger partial charge is 0.353 e. The molecule has 25 heavy (non-hydrogen) atoms. The fourth-order valence-corrected chi connectivity index (χ4v) is 4.74. The maximum Gasteiger partial charge on any atom is 0.320 e. The summed E-state index contributed by atoms with van der Waals surface area (Å²) >= 11 is 6.03. The van der Waals surface area contributed by atoms with E-state index in [4.69, 9.17) is 16.9 Å². The molecule has 0 spiro atoms. The molecule has 1 aromatic rings. The summed E-state index contributed by atoms with van der Waals surface area (Å²) in [4.78, 5) is 27.3. The third kappa shape index (κ3) is 2.69. The van der Waals surface area contributed by atoms with Gasteiger partial charge in [-0.3, -0.25) is 0 Å². The molecule has 3 atom stereocenters. The number of hydrogen-bond donors (Lipinski definition) is 0. The number of urea groups is 1. The van der Waals surface area contributed by atoms with E-state index in [1.807, 2.05) is 18.0 Å². The van der Waals surface area contributed by atoms with Crippen LogP contribution in [0, 0.1) is 11.3 Å². The van der Waals surface area contributed by atoms with Gasteiger partial charge in [-0.25, -0.2) is 14.8 Å². The number of rotatable bonds is 2. The Bertz CT molecular complexity index is 734. The van der Waals surface area contributed by atoms with Crippen molar-refractivity contribution < 1.29 is 4.79 Å². The van der Waals surface area contributed by atoms with Crippen LogP contribution in [0.3, 0.4) is 0 Å². The lowest BCUT2D eigenvalue weighted by atomic mass is 10.0. The zero-order valence-corrected chi connectivity index (χ0v) is 15.0. The van der Waals surface area contributed by atoms with Crippen molar-refractivity contribution in [1.29, 1.82) is 5.26 Å². The third-order valence-electron chi connectivity index (χ3n) is 5.76. The first kappa shape index (κ1) is 16.4. The number of likely N-dealkylation sites (N-methyl/N-ethyl adjacent to an activating group) is 1. The van der Waals surface area contributed by atoms with Crippen LogP contribution in [0.4, 0.5) is 10.6 Å². The van der Waals surface area contributed by atoms with Crippen molar-refractivity contribution in [1.82, 2.24) is 19.8 Å². The molecule has 0 N–H and O–H groups in total. The molecular formula is C17H21ClN6O. The van der Waals surface area contributed by atoms with Crippen molar-refractivity contribution in [3.63, 3.8) is 0 Å². The van der Waals surface area contributed by atoms with Crippen LogP contribution < -0.4 is 4.90 Å². The first-order valence-corrected chi connectivity index (χ1v) is 9.20. The van der Waals surface area contributed by atoms with E-state index >= 15 is 0 Å². The van der Waals surface area contributed by atoms with Crippen LogP contribution in [0.15, 0.2) is 6.20 Å². The lowest BCUT2D eigenvalue weighted by Crippen LogP contribution is -2.52. The number of carbonyl (C=O) groups is 1. The highest BCUT2D eigenvalue weighted by Crippen LogP contribution is 2.37. The normalized spacial score (nSPS) is 29.1. The van der Waals surface area contributed by atoms with Crippen molar-refractivity contribution in [2.75, 3.05) is 25.0 Å². The molecular weight excluding hydrogens is 340 g/mol. The second-order valence-corrected chi connectivity index (χ2v) is 7.45. The molecule has 2 aliphatic heterocycles. The summed E-state index contributed by atoms with van der Waals surface area (Å²) in [5.74, 6) is 0.677. The Balaban J connectivity index is 1.54. The molecule has 1 aromatic heterocycles. The van der Waals surface area contributed by atoms with Gasteiger partial charge in [0.1, 0.15) is 11.9 Å². The van der Waals surface area contributed by atoms with E-state index in [2.05, 4.69) is 19.8 Å². The van der Waals surface area contributed by atoms with E-state index < -0.39 is 0 Å². The van der Waals surface area contributed by atoms with Crippen LogP contribution in [-0.4, -0.2) is 64.1 Å². The van der Waals surface area contributed by atoms with Gasteiger partial charge in [-0.05, 0) is 32.1 Å². The van der Waals surface area contributed by atoms with E-state index in [1.54, 1.807) is 6.20 Å². The second-order valence-electron chi connectivity index (χ2n) is 7.09. The first-order valence-electron chi connectivity index (χ1n) is 8.83. The first-order chi connectivity index (χ1) is 12.1. The van der Waals surface area contributed by atoms with Gasteiger partial charge in [-0.2, -0.15) is 5.26 Å². The van der Waals surface area contributed by atoms with E-state index in [0.717, 1.165) is 38.8 Å². The number of amides is 2. The third-order valence-corrected chi connectivity index (χ3v) is 6.02. The number of hydrogen-bond acceptors (Lipinski definition) is 5. The lowest BCUT2D eigenvalue weighted by Gasteiger charge is -2.39. The van der Waals surface area contributed by atoms with Crippen molar-refractivity contribution in [2.45, 2.75) is 50.2 Å². The Labute approximate surface area is 152 Å². The topological polar surface area (TPSA) is 76.4 Å². The number of nitrogens with zero attached hydrogens (tertiary/aromatic N) is 6. The quantitative estimate of drug-likeness (QED) is 0.808. The van der Waals surface area contributed by atoms with Crippen molar-refractivity contribution >= 4 is 23.4 Å². The molecule has 1 aliphatic carbocycles. The van der Waals surface area contributed by atoms with Gasteiger partial charge in [0.15, 0.2) is 10.8 Å². The van der Waals surface area contributed by atoms with Gasteiger partial charge in [0, 0.05) is 20.1 Å². The van der Waals surface area contributed by atoms with Crippen LogP contribution in [0.25, 0.3) is 0 Å². The van der Waals surface area contributed by atoms with E-state index in [9.17, 15) is 4.79 Å². The molecule has 7 nitrogen and oxygen atoms in total. The minimum absolute atomic E-state index is 0.134. The molecule has 2 amide bonds. The van der Waals surface area contributed by atoms with E-state index in [0.29, 0.717) is 17.9 Å². The number of anilines is 1. The Hall–Kier alpha value is -2.07. The van der Waals surface area contributed by atoms with Crippen LogP contribution >= 0.6 is 11.6 Å². The molecule has 3 aliphatic rings. The number of carbonyl (C=O) groups excluding carboxylic acids is 1. The molecule has 0 aromatic carbocycles. The SMILES string of the molecule is CN1C(=O)N(C2CCCN(c3cnc(C#N)c(Cl)n3)C2)C2CCCC21. The van der Waals surface area contributed by atoms with E-state index in [-0.39, 0.29) is 22.9 Å². The molecule has 0 bridgehead atoms. The van der Waals surface area contributed by atoms with Gasteiger partial charge in [0.25, 0.3) is 0 Å². The maximum absolute atomic E-state index is 12.7. The molecule has 3 unspecified atom stereocenters. The second kappa shape index (κ2) is 6.34. The van der Waals surface area contributed by atoms with Crippen LogP contribution in [0.1, 0.15) is 37.8 Å². The molecule has 0 radical (unpaired) electrons. The summed E-state index contributed by atoms with van der Waals surface area (Å²) in [6.07, 6.45) is 7.00. The minimum Gasteiger partial charge on any atom is -0.353 e. The molecule has 3 heterocycles. The van der Waals surface area contributed by atoms with Crippen molar-refractivity contribution in [3.05, 3.63) is 17.0 Å². The molecule has 3 fully saturated rings. The van der Waals surface area contributed by atoms with Crippen LogP contribution in [0.2, 0.25) is 5.15 Å². The average molecular weight is 361 g/mol. The summed E-state index contributed by atoms with van der Waals surface area (Å²) in [7, 11) is 1.93. The minimum atomic E-state index is 0.134. The lowest BCUT2D eigenvalue weighted by molar-refractivity contribution is 0.156. The molecule has 4 rings (SSSR count). The summed E-state index contributed by atoms with van der Waals surface area (Å²) in [6, 6.07) is 2.99. The van der Waals surface area contributed by atoms with E-state index in [1.165, 1.54) is 6.42 Å². The Morgan fingerprint density at radius 3 is 2.84 bits per heavy atom. The number of fused-ring (bicyclic) bond motifs is 1. The highest BCUT2D eigenvalue weighted by atomic mass is 35.5. The molecule has 8 heteroatoms. The predicted octanol–water partition coefficient (Wildman–Crippen LogP) is 2.26. The standard InChI is InChI=1S/C17H21ClN6O/c1-22-13-5-2-6-14(13)24(17(22)25)11-4-3-7-23(10-11)15-9-20-12(8-19)16(18)21-15/h9,11,13-14H,2-7,10H2,1H3. The predicted molar refractivity (Wildman–Crippen MR) is 93.4 cm³/mol. The van der Waals surface area contributed by atoms with Gasteiger partial charge in [0.05, 0.1) is 24.3 Å². The smallest absolute Gasteiger partial charge is 0.320 e. The van der Waals surface area contributed by atoms with Crippen LogP contribution in [-0.2, 0) is 0 Å². The zero-order valence-electron chi connectivity index (χ0n) is 14.2. The zero-order chi connectivity index (χ0) is 17.6. The highest BCUT2D eigenvalue weighted by molar-refractivity contribution is 6.30. The fraction of sp³-hybridized carbons (Fsp3) is 0.647. The van der Waals surface area contributed by atoms with Gasteiger partial charge < -0.3 is 14.7 Å². The number of piperidine rings is 1. The molecule has 1 saturated carbocycles. The number of nitriles is 1. The van der Waals surface area contributed by atoms with Gasteiger partial charge in [0.2, 0.25) is 0 Å². The van der Waals surface area contributed by atoms with Gasteiger partial charge >= 0.3 is 6.03 Å². The Kier molecular flexibility index (Phi) is 4.16. The summed E-state index contributed by atoms with van der Waals surface area (Å²) in [5, 5.41) is 9.08. The highest BCUT2D eigenvalue weighted by Gasteiger charge is 2.49. The summed E-state index contributed by atoms with van der Waals surface area (Å²) in [5.41, 5.74) is 0.143. The number of halogens is 1. The molecule has 132 valence electrons. The molecule has 2 saturated heterocycles. The van der Waals surface area contributed by atoms with Crippen molar-refractivity contribution in [3.8, 4) is 6.07 Å². The van der Waals surface area contributed by atoms with Crippen LogP contribution in [0.5, 0.6) is 0 Å². The summed E-state index contributed by atoms with van der Waals surface area (Å²) < 4.78 is 0. The summed E-state index contributed by atoms with van der Waals surface area (Å²) in [6.45, 7) is 1.60. The average Bonchev–Trinajstić information content (AvgIpc) is 3.18. The fourth-order valence-electron chi connectivity index (χ4n) is 4.57.